The summed E-state index contributed by atoms with van der Waals surface area (Å²) in [5, 5.41) is 17.5. The Kier molecular flexibility index (Phi) is 6.89. The highest BCUT2D eigenvalue weighted by Gasteiger charge is 2.41. The monoisotopic (exact) mass is 323 g/mol. The van der Waals surface area contributed by atoms with E-state index < -0.39 is 31.6 Å². The van der Waals surface area contributed by atoms with E-state index >= 15 is 0 Å². The third-order valence-electron chi connectivity index (χ3n) is 3.22. The average Bonchev–Trinajstić information content (AvgIpc) is 2.47. The maximum atomic E-state index is 11.3. The van der Waals surface area contributed by atoms with E-state index in [1.54, 1.807) is 12.2 Å². The normalized spacial score (nSPS) is 15.5. The van der Waals surface area contributed by atoms with E-state index in [9.17, 15) is 24.4 Å². The minimum absolute atomic E-state index is 0.122. The number of carboxylic acids is 1. The summed E-state index contributed by atoms with van der Waals surface area (Å²) in [6.07, 6.45) is 2.76. The van der Waals surface area contributed by atoms with Crippen LogP contribution in [0.2, 0.25) is 0 Å². The summed E-state index contributed by atoms with van der Waals surface area (Å²) in [4.78, 5) is 22.1. The molecule has 0 bridgehead atoms. The summed E-state index contributed by atoms with van der Waals surface area (Å²) in [5.41, 5.74) is 5.87. The van der Waals surface area contributed by atoms with Gasteiger partial charge in [0.1, 0.15) is 0 Å². The molecule has 0 saturated carbocycles. The van der Waals surface area contributed by atoms with E-state index in [1.807, 2.05) is 30.3 Å². The zero-order valence-electron chi connectivity index (χ0n) is 11.9. The topological polar surface area (TPSA) is 118 Å². The summed E-state index contributed by atoms with van der Waals surface area (Å²) in [7, 11) is -0.708. The summed E-state index contributed by atoms with van der Waals surface area (Å²) < 4.78 is 11.3. The van der Waals surface area contributed by atoms with E-state index in [4.69, 9.17) is 5.73 Å². The first-order valence-corrected chi connectivity index (χ1v) is 7.50. The average molecular weight is 323 g/mol. The predicted octanol–water partition coefficient (Wildman–Crippen LogP) is 2.04. The summed E-state index contributed by atoms with van der Waals surface area (Å²) in [6, 6.07) is 9.21. The van der Waals surface area contributed by atoms with E-state index in [1.165, 1.54) is 0 Å². The third kappa shape index (κ3) is 5.39. The smallest absolute Gasteiger partial charge is 0.310 e. The van der Waals surface area contributed by atoms with Gasteiger partial charge in [-0.1, -0.05) is 42.5 Å². The van der Waals surface area contributed by atoms with Gasteiger partial charge in [0.05, 0.1) is 5.92 Å². The molecule has 7 heteroatoms. The van der Waals surface area contributed by atoms with Crippen LogP contribution in [0, 0.1) is 5.92 Å². The summed E-state index contributed by atoms with van der Waals surface area (Å²) in [6.45, 7) is 0. The predicted molar refractivity (Wildman–Crippen MR) is 82.2 cm³/mol. The molecule has 1 aromatic carbocycles. The molecule has 0 saturated heterocycles. The van der Waals surface area contributed by atoms with Crippen LogP contribution in [0.4, 0.5) is 0 Å². The number of hydrogen-bond donors (Lipinski definition) is 3. The molecule has 6 nitrogen and oxygen atoms in total. The van der Waals surface area contributed by atoms with Gasteiger partial charge in [-0.2, -0.15) is 0 Å². The molecule has 0 aliphatic carbocycles. The molecule has 0 aliphatic rings. The first-order valence-electron chi connectivity index (χ1n) is 6.68. The van der Waals surface area contributed by atoms with Crippen LogP contribution in [0.1, 0.15) is 24.8 Å². The number of primary amides is 1. The van der Waals surface area contributed by atoms with Gasteiger partial charge in [0.15, 0.2) is 13.8 Å². The fraction of sp³-hybridized carbons (Fsp3) is 0.333. The Balaban J connectivity index is 2.83. The highest BCUT2D eigenvalue weighted by Crippen LogP contribution is 2.36. The molecule has 22 heavy (non-hydrogen) atoms. The number of benzene rings is 1. The van der Waals surface area contributed by atoms with Crippen LogP contribution >= 0.6 is 8.46 Å². The quantitative estimate of drug-likeness (QED) is 0.601. The lowest BCUT2D eigenvalue weighted by Gasteiger charge is -2.26. The molecule has 1 aromatic rings. The van der Waals surface area contributed by atoms with Crippen molar-refractivity contribution in [3.63, 3.8) is 0 Å². The molecular weight excluding hydrogens is 305 g/mol. The van der Waals surface area contributed by atoms with Gasteiger partial charge in [0, 0.05) is 12.8 Å². The van der Waals surface area contributed by atoms with Gasteiger partial charge >= 0.3 is 5.97 Å². The molecule has 0 spiro atoms. The van der Waals surface area contributed by atoms with Crippen LogP contribution < -0.4 is 5.73 Å². The minimum atomic E-state index is -1.98. The molecule has 0 radical (unpaired) electrons. The Morgan fingerprint density at radius 2 is 1.95 bits per heavy atom. The number of hydrogen-bond acceptors (Lipinski definition) is 4. The van der Waals surface area contributed by atoms with Crippen LogP contribution in [-0.2, 0) is 14.2 Å². The first kappa shape index (κ1) is 18.0. The summed E-state index contributed by atoms with van der Waals surface area (Å²) >= 11 is 0. The van der Waals surface area contributed by atoms with E-state index in [2.05, 4.69) is 0 Å². The number of nitrogens with two attached hydrogens (primary N) is 1. The summed E-state index contributed by atoms with van der Waals surface area (Å²) in [5.74, 6) is -3.34. The SMILES string of the molecule is NC(=O)CCC(C(=O)O)C(O)(CC=Cc1ccccc1)P=O. The van der Waals surface area contributed by atoms with Crippen LogP contribution in [0.3, 0.4) is 0 Å². The highest BCUT2D eigenvalue weighted by atomic mass is 31.1. The molecule has 0 aliphatic heterocycles. The number of amides is 1. The number of carbonyl (C=O) groups is 2. The van der Waals surface area contributed by atoms with Crippen molar-refractivity contribution in [1.29, 1.82) is 0 Å². The number of aliphatic hydroxyl groups is 1. The van der Waals surface area contributed by atoms with Crippen LogP contribution in [-0.4, -0.2) is 27.4 Å². The number of rotatable bonds is 9. The Labute approximate surface area is 129 Å². The Morgan fingerprint density at radius 1 is 1.32 bits per heavy atom. The van der Waals surface area contributed by atoms with Crippen molar-refractivity contribution in [1.82, 2.24) is 0 Å². The van der Waals surface area contributed by atoms with Gasteiger partial charge in [0.25, 0.3) is 0 Å². The van der Waals surface area contributed by atoms with Crippen molar-refractivity contribution in [2.75, 3.05) is 0 Å². The second-order valence-corrected chi connectivity index (χ2v) is 5.84. The molecule has 2 unspecified atom stereocenters. The Hall–Kier alpha value is -2.04. The lowest BCUT2D eigenvalue weighted by atomic mass is 9.93. The first-order chi connectivity index (χ1) is 10.4. The lowest BCUT2D eigenvalue weighted by Crippen LogP contribution is -2.37. The molecule has 0 fully saturated rings. The van der Waals surface area contributed by atoms with Crippen molar-refractivity contribution in [3.8, 4) is 0 Å². The van der Waals surface area contributed by atoms with Gasteiger partial charge in [-0.3, -0.25) is 14.2 Å². The highest BCUT2D eigenvalue weighted by molar-refractivity contribution is 7.25. The molecule has 1 amide bonds. The van der Waals surface area contributed by atoms with Crippen molar-refractivity contribution in [3.05, 3.63) is 42.0 Å². The fourth-order valence-corrected chi connectivity index (χ4v) is 2.56. The zero-order chi connectivity index (χ0) is 16.6. The number of aliphatic carboxylic acids is 1. The van der Waals surface area contributed by atoms with Crippen molar-refractivity contribution >= 4 is 26.4 Å². The number of carboxylic acid groups (broad SMARTS) is 1. The Morgan fingerprint density at radius 3 is 2.45 bits per heavy atom. The van der Waals surface area contributed by atoms with E-state index in [0.717, 1.165) is 5.56 Å². The maximum absolute atomic E-state index is 11.3. The molecule has 2 atom stereocenters. The molecule has 1 rings (SSSR count). The maximum Gasteiger partial charge on any atom is 0.310 e. The zero-order valence-corrected chi connectivity index (χ0v) is 12.8. The second-order valence-electron chi connectivity index (χ2n) is 4.88. The van der Waals surface area contributed by atoms with Crippen LogP contribution in [0.5, 0.6) is 0 Å². The Bertz CT molecular complexity index is 560. The van der Waals surface area contributed by atoms with Gasteiger partial charge in [0.2, 0.25) is 5.91 Å². The second kappa shape index (κ2) is 8.41. The molecule has 118 valence electrons. The largest absolute Gasteiger partial charge is 0.481 e. The third-order valence-corrected chi connectivity index (χ3v) is 4.03. The van der Waals surface area contributed by atoms with Gasteiger partial charge in [-0.05, 0) is 12.0 Å². The number of carbonyl (C=O) groups excluding carboxylic acids is 1. The van der Waals surface area contributed by atoms with Crippen LogP contribution in [0.15, 0.2) is 36.4 Å². The molecule has 4 N–H and O–H groups in total. The van der Waals surface area contributed by atoms with Crippen molar-refractivity contribution < 1.29 is 24.4 Å². The van der Waals surface area contributed by atoms with E-state index in [-0.39, 0.29) is 19.3 Å². The molecule has 0 heterocycles. The van der Waals surface area contributed by atoms with Crippen LogP contribution in [0.25, 0.3) is 6.08 Å². The molecular formula is C15H18NO5P. The van der Waals surface area contributed by atoms with Crippen molar-refractivity contribution in [2.45, 2.75) is 24.6 Å². The molecule has 0 aromatic heterocycles. The van der Waals surface area contributed by atoms with Gasteiger partial charge in [-0.15, -0.1) is 0 Å². The van der Waals surface area contributed by atoms with Crippen molar-refractivity contribution in [2.24, 2.45) is 11.7 Å². The minimum Gasteiger partial charge on any atom is -0.481 e. The van der Waals surface area contributed by atoms with E-state index in [0.29, 0.717) is 0 Å². The van der Waals surface area contributed by atoms with Gasteiger partial charge in [-0.25, -0.2) is 0 Å². The lowest BCUT2D eigenvalue weighted by molar-refractivity contribution is -0.147. The van der Waals surface area contributed by atoms with Gasteiger partial charge < -0.3 is 15.9 Å². The standard InChI is InChI=1S/C15H18NO5P/c16-13(17)9-8-12(14(18)19)15(20,22-21)10-4-7-11-5-2-1-3-6-11/h1-7,12,20H,8-10H2,(H2,16,17)(H,18,19). The fourth-order valence-electron chi connectivity index (χ4n) is 2.01.